The fourth-order valence-corrected chi connectivity index (χ4v) is 2.00. The molecule has 100 valence electrons. The number of ether oxygens (including phenoxy) is 1. The molecule has 0 unspecified atom stereocenters. The van der Waals surface area contributed by atoms with Crippen molar-refractivity contribution in [2.75, 3.05) is 7.11 Å². The van der Waals surface area contributed by atoms with Crippen LogP contribution in [0.25, 0.3) is 0 Å². The maximum Gasteiger partial charge on any atom is 0.356 e. The Labute approximate surface area is 117 Å². The van der Waals surface area contributed by atoms with Crippen molar-refractivity contribution in [2.45, 2.75) is 19.4 Å². The van der Waals surface area contributed by atoms with Crippen molar-refractivity contribution < 1.29 is 9.53 Å². The van der Waals surface area contributed by atoms with Gasteiger partial charge in [-0.1, -0.05) is 23.7 Å². The van der Waals surface area contributed by atoms with Crippen molar-refractivity contribution in [2.24, 2.45) is 0 Å². The number of halogens is 1. The first-order valence-electron chi connectivity index (χ1n) is 6.03. The van der Waals surface area contributed by atoms with Gasteiger partial charge in [0.25, 0.3) is 0 Å². The van der Waals surface area contributed by atoms with Gasteiger partial charge in [-0.2, -0.15) is 0 Å². The average Bonchev–Trinajstić information content (AvgIpc) is 2.88. The van der Waals surface area contributed by atoms with Crippen LogP contribution < -0.4 is 0 Å². The van der Waals surface area contributed by atoms with Crippen molar-refractivity contribution in [1.29, 1.82) is 0 Å². The molecule has 0 atom stereocenters. The third-order valence-corrected chi connectivity index (χ3v) is 3.14. The lowest BCUT2D eigenvalue weighted by Crippen LogP contribution is -2.10. The van der Waals surface area contributed by atoms with Crippen LogP contribution in [0, 0.1) is 0 Å². The largest absolute Gasteiger partial charge is 0.464 e. The van der Waals surface area contributed by atoms with Crippen LogP contribution in [0.3, 0.4) is 0 Å². The smallest absolute Gasteiger partial charge is 0.356 e. The van der Waals surface area contributed by atoms with E-state index in [2.05, 4.69) is 4.98 Å². The Bertz CT molecular complexity index is 549. The van der Waals surface area contributed by atoms with Crippen LogP contribution in [0.5, 0.6) is 0 Å². The van der Waals surface area contributed by atoms with E-state index >= 15 is 0 Å². The summed E-state index contributed by atoms with van der Waals surface area (Å²) >= 11 is 5.83. The van der Waals surface area contributed by atoms with E-state index in [-0.39, 0.29) is 5.97 Å². The van der Waals surface area contributed by atoms with Gasteiger partial charge in [-0.25, -0.2) is 9.78 Å². The van der Waals surface area contributed by atoms with Crippen molar-refractivity contribution in [3.05, 3.63) is 53.1 Å². The molecule has 0 radical (unpaired) electrons. The average molecular weight is 279 g/mol. The van der Waals surface area contributed by atoms with E-state index in [0.717, 1.165) is 24.4 Å². The predicted octanol–water partition coefficient (Wildman–Crippen LogP) is 2.96. The molecule has 5 heteroatoms. The zero-order chi connectivity index (χ0) is 13.7. The second-order valence-corrected chi connectivity index (χ2v) is 4.63. The summed E-state index contributed by atoms with van der Waals surface area (Å²) in [6.45, 7) is 0.729. The maximum atomic E-state index is 11.5. The standard InChI is InChI=1S/C14H15ClN2O2/c1-19-14(18)13-9-16-10-17(13)8-2-3-11-4-6-12(15)7-5-11/h4-7,9-10H,2-3,8H2,1H3. The van der Waals surface area contributed by atoms with Crippen LogP contribution >= 0.6 is 11.6 Å². The molecule has 0 fully saturated rings. The minimum absolute atomic E-state index is 0.357. The number of carbonyl (C=O) groups is 1. The Hall–Kier alpha value is -1.81. The first kappa shape index (κ1) is 13.6. The molecule has 0 amide bonds. The van der Waals surface area contributed by atoms with Crippen LogP contribution in [-0.4, -0.2) is 22.6 Å². The Morgan fingerprint density at radius 3 is 2.79 bits per heavy atom. The molecule has 0 bridgehead atoms. The molecule has 2 rings (SSSR count). The van der Waals surface area contributed by atoms with Crippen molar-refractivity contribution in [1.82, 2.24) is 9.55 Å². The van der Waals surface area contributed by atoms with Gasteiger partial charge in [-0.05, 0) is 30.5 Å². The molecule has 0 saturated heterocycles. The number of methoxy groups -OCH3 is 1. The lowest BCUT2D eigenvalue weighted by molar-refractivity contribution is 0.0588. The van der Waals surface area contributed by atoms with E-state index in [1.807, 2.05) is 28.8 Å². The first-order valence-corrected chi connectivity index (χ1v) is 6.41. The van der Waals surface area contributed by atoms with Crippen molar-refractivity contribution >= 4 is 17.6 Å². The van der Waals surface area contributed by atoms with Crippen molar-refractivity contribution in [3.8, 4) is 0 Å². The summed E-state index contributed by atoms with van der Waals surface area (Å²) in [5.41, 5.74) is 1.71. The summed E-state index contributed by atoms with van der Waals surface area (Å²) in [6.07, 6.45) is 5.01. The third-order valence-electron chi connectivity index (χ3n) is 2.88. The third kappa shape index (κ3) is 3.58. The van der Waals surface area contributed by atoms with Crippen LogP contribution in [0.4, 0.5) is 0 Å². The Balaban J connectivity index is 1.91. The predicted molar refractivity (Wildman–Crippen MR) is 73.3 cm³/mol. The molecule has 0 aliphatic carbocycles. The number of hydrogen-bond donors (Lipinski definition) is 0. The van der Waals surface area contributed by atoms with Gasteiger partial charge in [0, 0.05) is 11.6 Å². The highest BCUT2D eigenvalue weighted by atomic mass is 35.5. The Morgan fingerprint density at radius 1 is 1.37 bits per heavy atom. The topological polar surface area (TPSA) is 44.1 Å². The second kappa shape index (κ2) is 6.38. The Kier molecular flexibility index (Phi) is 4.58. The number of aryl methyl sites for hydroxylation is 2. The zero-order valence-electron chi connectivity index (χ0n) is 10.7. The number of hydrogen-bond acceptors (Lipinski definition) is 3. The minimum Gasteiger partial charge on any atom is -0.464 e. The van der Waals surface area contributed by atoms with E-state index < -0.39 is 0 Å². The highest BCUT2D eigenvalue weighted by Gasteiger charge is 2.11. The fraction of sp³-hybridized carbons (Fsp3) is 0.286. The Morgan fingerprint density at radius 2 is 2.11 bits per heavy atom. The van der Waals surface area contributed by atoms with Gasteiger partial charge in [0.1, 0.15) is 5.69 Å². The van der Waals surface area contributed by atoms with Crippen LogP contribution in [-0.2, 0) is 17.7 Å². The van der Waals surface area contributed by atoms with E-state index in [1.165, 1.54) is 18.9 Å². The molecule has 4 nitrogen and oxygen atoms in total. The van der Waals surface area contributed by atoms with E-state index in [0.29, 0.717) is 5.69 Å². The fourth-order valence-electron chi connectivity index (χ4n) is 1.88. The molecule has 0 aliphatic heterocycles. The van der Waals surface area contributed by atoms with E-state index in [4.69, 9.17) is 16.3 Å². The number of nitrogens with zero attached hydrogens (tertiary/aromatic N) is 2. The van der Waals surface area contributed by atoms with Gasteiger partial charge in [-0.15, -0.1) is 0 Å². The zero-order valence-corrected chi connectivity index (χ0v) is 11.4. The molecule has 0 saturated carbocycles. The summed E-state index contributed by atoms with van der Waals surface area (Å²) in [4.78, 5) is 15.4. The van der Waals surface area contributed by atoms with Gasteiger partial charge in [-0.3, -0.25) is 0 Å². The summed E-state index contributed by atoms with van der Waals surface area (Å²) in [5.74, 6) is -0.357. The highest BCUT2D eigenvalue weighted by Crippen LogP contribution is 2.12. The molecule has 0 N–H and O–H groups in total. The first-order chi connectivity index (χ1) is 9.20. The summed E-state index contributed by atoms with van der Waals surface area (Å²) in [7, 11) is 1.37. The number of imidazole rings is 1. The second-order valence-electron chi connectivity index (χ2n) is 4.19. The van der Waals surface area contributed by atoms with E-state index in [9.17, 15) is 4.79 Å². The highest BCUT2D eigenvalue weighted by molar-refractivity contribution is 6.30. The molecule has 19 heavy (non-hydrogen) atoms. The van der Waals surface area contributed by atoms with Crippen LogP contribution in [0.1, 0.15) is 22.5 Å². The molecule has 0 spiro atoms. The molecule has 1 aromatic heterocycles. The summed E-state index contributed by atoms with van der Waals surface area (Å²) in [5, 5.41) is 0.742. The molecule has 1 aromatic carbocycles. The monoisotopic (exact) mass is 278 g/mol. The van der Waals surface area contributed by atoms with Crippen LogP contribution in [0.2, 0.25) is 5.02 Å². The van der Waals surface area contributed by atoms with Crippen molar-refractivity contribution in [3.63, 3.8) is 0 Å². The van der Waals surface area contributed by atoms with Gasteiger partial charge in [0.2, 0.25) is 0 Å². The molecule has 1 heterocycles. The summed E-state index contributed by atoms with van der Waals surface area (Å²) < 4.78 is 6.51. The normalized spacial score (nSPS) is 10.4. The number of aromatic nitrogens is 2. The lowest BCUT2D eigenvalue weighted by atomic mass is 10.1. The quantitative estimate of drug-likeness (QED) is 0.790. The van der Waals surface area contributed by atoms with Gasteiger partial charge in [0.15, 0.2) is 0 Å². The SMILES string of the molecule is COC(=O)c1cncn1CCCc1ccc(Cl)cc1. The minimum atomic E-state index is -0.357. The van der Waals surface area contributed by atoms with Gasteiger partial charge in [0.05, 0.1) is 19.6 Å². The lowest BCUT2D eigenvalue weighted by Gasteiger charge is -2.06. The van der Waals surface area contributed by atoms with Crippen LogP contribution in [0.15, 0.2) is 36.8 Å². The number of rotatable bonds is 5. The number of esters is 1. The maximum absolute atomic E-state index is 11.5. The molecule has 0 aliphatic rings. The molecular formula is C14H15ClN2O2. The molecule has 2 aromatic rings. The van der Waals surface area contributed by atoms with E-state index in [1.54, 1.807) is 6.33 Å². The van der Waals surface area contributed by atoms with Gasteiger partial charge < -0.3 is 9.30 Å². The van der Waals surface area contributed by atoms with Gasteiger partial charge >= 0.3 is 5.97 Å². The number of carbonyl (C=O) groups excluding carboxylic acids is 1. The summed E-state index contributed by atoms with van der Waals surface area (Å²) in [6, 6.07) is 7.79. The number of benzene rings is 1. The molecular weight excluding hydrogens is 264 g/mol.